The summed E-state index contributed by atoms with van der Waals surface area (Å²) in [6.07, 6.45) is 5.45. The first-order valence-corrected chi connectivity index (χ1v) is 12.1. The fourth-order valence-corrected chi connectivity index (χ4v) is 4.97. The highest BCUT2D eigenvalue weighted by molar-refractivity contribution is 9.10. The van der Waals surface area contributed by atoms with E-state index in [1.807, 2.05) is 66.9 Å². The monoisotopic (exact) mass is 515 g/mol. The second-order valence-corrected chi connectivity index (χ2v) is 9.56. The summed E-state index contributed by atoms with van der Waals surface area (Å²) < 4.78 is 8.80. The first kappa shape index (κ1) is 21.0. The smallest absolute Gasteiger partial charge is 0.254 e. The normalized spacial score (nSPS) is 16.6. The third-order valence-electron chi connectivity index (χ3n) is 6.45. The number of hydrogen-bond acceptors (Lipinski definition) is 3. The van der Waals surface area contributed by atoms with Gasteiger partial charge in [-0.3, -0.25) is 14.5 Å². The molecule has 0 saturated heterocycles. The van der Waals surface area contributed by atoms with Crippen molar-refractivity contribution in [2.45, 2.75) is 24.9 Å². The Kier molecular flexibility index (Phi) is 5.14. The number of hydrogen-bond donors (Lipinski definition) is 0. The van der Waals surface area contributed by atoms with Gasteiger partial charge in [0.2, 0.25) is 5.91 Å². The molecule has 1 saturated carbocycles. The Morgan fingerprint density at radius 2 is 1.71 bits per heavy atom. The summed E-state index contributed by atoms with van der Waals surface area (Å²) >= 11 is 3.42. The minimum atomic E-state index is -0.420. The van der Waals surface area contributed by atoms with Crippen molar-refractivity contribution in [3.8, 4) is 5.69 Å². The van der Waals surface area contributed by atoms with Crippen molar-refractivity contribution in [2.75, 3.05) is 11.4 Å². The zero-order valence-corrected chi connectivity index (χ0v) is 19.9. The van der Waals surface area contributed by atoms with Crippen molar-refractivity contribution in [1.82, 2.24) is 9.47 Å². The number of fused-ring (bicyclic) bond motifs is 3. The average Bonchev–Trinajstić information content (AvgIpc) is 3.32. The Labute approximate surface area is 205 Å². The third kappa shape index (κ3) is 3.56. The summed E-state index contributed by atoms with van der Waals surface area (Å²) in [4.78, 5) is 30.9. The molecular formula is C27H22BrN3O3. The fraction of sp³-hybridized carbons (Fsp3) is 0.185. The molecule has 0 bridgehead atoms. The molecule has 6 nitrogen and oxygen atoms in total. The van der Waals surface area contributed by atoms with Crippen molar-refractivity contribution >= 4 is 33.4 Å². The van der Waals surface area contributed by atoms with Crippen LogP contribution in [0, 0.1) is 0 Å². The Morgan fingerprint density at radius 1 is 0.941 bits per heavy atom. The summed E-state index contributed by atoms with van der Waals surface area (Å²) in [5, 5.41) is 0. The molecule has 2 aliphatic rings. The molecule has 2 amide bonds. The molecule has 1 aliphatic carbocycles. The van der Waals surface area contributed by atoms with Gasteiger partial charge in [-0.05, 0) is 73.5 Å². The number of benzene rings is 2. The maximum Gasteiger partial charge on any atom is 0.254 e. The largest absolute Gasteiger partial charge is 0.467 e. The van der Waals surface area contributed by atoms with Crippen LogP contribution in [0.2, 0.25) is 0 Å². The molecule has 0 N–H and O–H groups in total. The number of carbonyl (C=O) groups excluding carboxylic acids is 2. The van der Waals surface area contributed by atoms with Crippen LogP contribution in [0.3, 0.4) is 0 Å². The molecule has 0 radical (unpaired) electrons. The maximum absolute atomic E-state index is 14.0. The number of aromatic nitrogens is 1. The molecule has 4 aromatic rings. The molecule has 2 aromatic carbocycles. The number of furan rings is 1. The maximum atomic E-state index is 14.0. The molecule has 1 fully saturated rings. The lowest BCUT2D eigenvalue weighted by Gasteiger charge is -2.38. The highest BCUT2D eigenvalue weighted by Crippen LogP contribution is 2.42. The van der Waals surface area contributed by atoms with Crippen LogP contribution in [0.4, 0.5) is 5.69 Å². The van der Waals surface area contributed by atoms with Crippen molar-refractivity contribution in [3.05, 3.63) is 107 Å². The molecule has 7 heteroatoms. The van der Waals surface area contributed by atoms with Crippen molar-refractivity contribution in [2.24, 2.45) is 0 Å². The minimum Gasteiger partial charge on any atom is -0.467 e. The van der Waals surface area contributed by atoms with Crippen LogP contribution in [0.5, 0.6) is 0 Å². The van der Waals surface area contributed by atoms with E-state index in [4.69, 9.17) is 4.42 Å². The van der Waals surface area contributed by atoms with Crippen LogP contribution < -0.4 is 4.90 Å². The topological polar surface area (TPSA) is 58.7 Å². The van der Waals surface area contributed by atoms with Gasteiger partial charge in [0.1, 0.15) is 18.3 Å². The number of halogens is 1. The third-order valence-corrected chi connectivity index (χ3v) is 6.97. The minimum absolute atomic E-state index is 0.00577. The van der Waals surface area contributed by atoms with E-state index < -0.39 is 6.04 Å². The lowest BCUT2D eigenvalue weighted by atomic mass is 10.0. The van der Waals surface area contributed by atoms with Gasteiger partial charge < -0.3 is 13.9 Å². The van der Waals surface area contributed by atoms with Crippen LogP contribution in [-0.4, -0.2) is 33.9 Å². The average molecular weight is 516 g/mol. The Bertz CT molecular complexity index is 1360. The van der Waals surface area contributed by atoms with Crippen LogP contribution in [0.1, 0.15) is 40.7 Å². The zero-order valence-electron chi connectivity index (χ0n) is 18.3. The standard InChI is InChI=1S/C27H22BrN3O3/c28-19-11-9-18(10-12-19)27(33)30(20-13-14-20)17-25(32)31-22-6-2-1-5-21(22)29-15-3-7-23(29)26(31)24-8-4-16-34-24/h1-12,15-16,20,26H,13-14,17H2. The lowest BCUT2D eigenvalue weighted by molar-refractivity contribution is -0.120. The number of anilines is 1. The van der Waals surface area contributed by atoms with E-state index in [1.165, 1.54) is 0 Å². The number of nitrogens with zero attached hydrogens (tertiary/aromatic N) is 3. The van der Waals surface area contributed by atoms with E-state index in [0.717, 1.165) is 34.4 Å². The van der Waals surface area contributed by atoms with Crippen molar-refractivity contribution in [1.29, 1.82) is 0 Å². The Hall–Kier alpha value is -3.58. The van der Waals surface area contributed by atoms with E-state index in [0.29, 0.717) is 11.3 Å². The Morgan fingerprint density at radius 3 is 2.41 bits per heavy atom. The first-order valence-electron chi connectivity index (χ1n) is 11.3. The van der Waals surface area contributed by atoms with Crippen LogP contribution in [0.15, 0.2) is 94.1 Å². The fourth-order valence-electron chi connectivity index (χ4n) is 4.71. The summed E-state index contributed by atoms with van der Waals surface area (Å²) in [6.45, 7) is 0.00577. The molecule has 2 aromatic heterocycles. The van der Waals surface area contributed by atoms with E-state index in [9.17, 15) is 9.59 Å². The molecule has 34 heavy (non-hydrogen) atoms. The second-order valence-electron chi connectivity index (χ2n) is 8.64. The Balaban J connectivity index is 1.39. The van der Waals surface area contributed by atoms with Gasteiger partial charge >= 0.3 is 0 Å². The molecule has 1 aliphatic heterocycles. The lowest BCUT2D eigenvalue weighted by Crippen LogP contribution is -2.47. The van der Waals surface area contributed by atoms with E-state index in [1.54, 1.807) is 28.2 Å². The van der Waals surface area contributed by atoms with Crippen LogP contribution in [-0.2, 0) is 4.79 Å². The van der Waals surface area contributed by atoms with Gasteiger partial charge in [0.25, 0.3) is 5.91 Å². The molecule has 170 valence electrons. The van der Waals surface area contributed by atoms with Gasteiger partial charge in [0.05, 0.1) is 23.3 Å². The summed E-state index contributed by atoms with van der Waals surface area (Å²) in [7, 11) is 0. The zero-order chi connectivity index (χ0) is 23.2. The highest BCUT2D eigenvalue weighted by Gasteiger charge is 2.41. The molecule has 0 spiro atoms. The quantitative estimate of drug-likeness (QED) is 0.349. The van der Waals surface area contributed by atoms with Gasteiger partial charge in [-0.2, -0.15) is 0 Å². The number of carbonyl (C=O) groups is 2. The number of amides is 2. The van der Waals surface area contributed by atoms with Crippen molar-refractivity contribution in [3.63, 3.8) is 0 Å². The van der Waals surface area contributed by atoms with Gasteiger partial charge in [-0.25, -0.2) is 0 Å². The highest BCUT2D eigenvalue weighted by atomic mass is 79.9. The van der Waals surface area contributed by atoms with Crippen LogP contribution >= 0.6 is 15.9 Å². The van der Waals surface area contributed by atoms with Gasteiger partial charge in [0.15, 0.2) is 0 Å². The van der Waals surface area contributed by atoms with E-state index in [-0.39, 0.29) is 24.4 Å². The summed E-state index contributed by atoms with van der Waals surface area (Å²) in [5.74, 6) is 0.422. The SMILES string of the molecule is O=C(c1ccc(Br)cc1)N(CC(=O)N1c2ccccc2-n2cccc2C1c1ccco1)C1CC1. The summed E-state index contributed by atoms with van der Waals surface area (Å²) in [6, 6.07) is 22.5. The van der Waals surface area contributed by atoms with Crippen molar-refractivity contribution < 1.29 is 14.0 Å². The van der Waals surface area contributed by atoms with Gasteiger partial charge in [-0.15, -0.1) is 0 Å². The number of para-hydroxylation sites is 2. The number of rotatable bonds is 5. The molecule has 1 unspecified atom stereocenters. The van der Waals surface area contributed by atoms with Gasteiger partial charge in [0, 0.05) is 22.3 Å². The molecule has 3 heterocycles. The predicted octanol–water partition coefficient (Wildman–Crippen LogP) is 5.57. The summed E-state index contributed by atoms with van der Waals surface area (Å²) in [5.41, 5.74) is 3.25. The first-order chi connectivity index (χ1) is 16.6. The molecule has 6 rings (SSSR count). The van der Waals surface area contributed by atoms with Crippen LogP contribution in [0.25, 0.3) is 5.69 Å². The predicted molar refractivity (Wildman–Crippen MR) is 132 cm³/mol. The van der Waals surface area contributed by atoms with E-state index >= 15 is 0 Å². The van der Waals surface area contributed by atoms with Gasteiger partial charge in [-0.1, -0.05) is 28.1 Å². The second kappa shape index (κ2) is 8.33. The van der Waals surface area contributed by atoms with E-state index in [2.05, 4.69) is 20.5 Å². The molecule has 1 atom stereocenters. The molecular weight excluding hydrogens is 494 g/mol.